The van der Waals surface area contributed by atoms with E-state index >= 15 is 0 Å². The molecule has 0 radical (unpaired) electrons. The first-order valence-corrected chi connectivity index (χ1v) is 12.5. The second-order valence-electron chi connectivity index (χ2n) is 9.63. The molecule has 0 aliphatic carbocycles. The number of hydrogen-bond acceptors (Lipinski definition) is 4. The third-order valence-electron chi connectivity index (χ3n) is 5.89. The van der Waals surface area contributed by atoms with Crippen molar-refractivity contribution in [3.05, 3.63) is 89.2 Å². The van der Waals surface area contributed by atoms with Crippen molar-refractivity contribution in [3.63, 3.8) is 0 Å². The topological polar surface area (TPSA) is 65.4 Å². The second kappa shape index (κ2) is 11.5. The van der Waals surface area contributed by atoms with Crippen LogP contribution in [0.1, 0.15) is 32.2 Å². The molecule has 0 atom stereocenters. The highest BCUT2D eigenvalue weighted by Gasteiger charge is 2.14. The average molecular weight is 506 g/mol. The van der Waals surface area contributed by atoms with Crippen LogP contribution in [0.3, 0.4) is 0 Å². The Kier molecular flexibility index (Phi) is 8.16. The van der Waals surface area contributed by atoms with E-state index in [0.29, 0.717) is 36.9 Å². The number of fused-ring (bicyclic) bond motifs is 1. The number of ether oxygens (including phenoxy) is 2. The van der Waals surface area contributed by atoms with E-state index in [4.69, 9.17) is 26.1 Å². The van der Waals surface area contributed by atoms with Gasteiger partial charge in [-0.3, -0.25) is 4.79 Å². The Morgan fingerprint density at radius 2 is 1.61 bits per heavy atom. The molecule has 0 aliphatic heterocycles. The van der Waals surface area contributed by atoms with Crippen molar-refractivity contribution in [1.29, 1.82) is 0 Å². The average Bonchev–Trinajstić information content (AvgIpc) is 3.21. The fourth-order valence-electron chi connectivity index (χ4n) is 3.92. The molecule has 1 aromatic heterocycles. The first kappa shape index (κ1) is 25.6. The summed E-state index contributed by atoms with van der Waals surface area (Å²) in [5, 5.41) is 3.53. The van der Waals surface area contributed by atoms with Crippen molar-refractivity contribution in [2.24, 2.45) is 0 Å². The molecule has 4 rings (SSSR count). The molecule has 0 bridgehead atoms. The molecule has 0 fully saturated rings. The molecule has 1 heterocycles. The SMILES string of the molecule is CC(C)(C)c1ccc(OCCn2c(CCNC(=O)COc3ccc(Cl)cc3)nc3ccccc32)cc1. The van der Waals surface area contributed by atoms with Gasteiger partial charge in [-0.05, 0) is 59.5 Å². The van der Waals surface area contributed by atoms with Crippen LogP contribution >= 0.6 is 11.6 Å². The summed E-state index contributed by atoms with van der Waals surface area (Å²) < 4.78 is 13.7. The second-order valence-corrected chi connectivity index (χ2v) is 10.1. The summed E-state index contributed by atoms with van der Waals surface area (Å²) in [6.07, 6.45) is 0.599. The Labute approximate surface area is 217 Å². The molecule has 0 spiro atoms. The molecule has 0 saturated heterocycles. The van der Waals surface area contributed by atoms with E-state index < -0.39 is 0 Å². The summed E-state index contributed by atoms with van der Waals surface area (Å²) in [6, 6.07) is 23.2. The minimum atomic E-state index is -0.186. The standard InChI is InChI=1S/C29H32ClN3O3/c1-29(2,3)21-8-12-23(13-9-21)35-19-18-33-26-7-5-4-6-25(26)32-27(33)16-17-31-28(34)20-36-24-14-10-22(30)11-15-24/h4-15H,16-20H2,1-3H3,(H,31,34). The van der Waals surface area contributed by atoms with Crippen LogP contribution in [-0.2, 0) is 23.2 Å². The van der Waals surface area contributed by atoms with Crippen molar-refractivity contribution in [2.45, 2.75) is 39.2 Å². The molecule has 3 aromatic carbocycles. The van der Waals surface area contributed by atoms with E-state index in [2.05, 4.69) is 48.9 Å². The molecule has 36 heavy (non-hydrogen) atoms. The smallest absolute Gasteiger partial charge is 0.257 e. The van der Waals surface area contributed by atoms with E-state index in [1.165, 1.54) is 5.56 Å². The number of nitrogens with one attached hydrogen (secondary N) is 1. The molecule has 0 unspecified atom stereocenters. The lowest BCUT2D eigenvalue weighted by Gasteiger charge is -2.19. The Morgan fingerprint density at radius 1 is 0.944 bits per heavy atom. The van der Waals surface area contributed by atoms with Crippen LogP contribution in [0.2, 0.25) is 5.02 Å². The van der Waals surface area contributed by atoms with Gasteiger partial charge in [0.2, 0.25) is 0 Å². The van der Waals surface area contributed by atoms with Gasteiger partial charge in [-0.15, -0.1) is 0 Å². The molecular weight excluding hydrogens is 474 g/mol. The highest BCUT2D eigenvalue weighted by molar-refractivity contribution is 6.30. The monoisotopic (exact) mass is 505 g/mol. The van der Waals surface area contributed by atoms with Crippen molar-refractivity contribution >= 4 is 28.5 Å². The van der Waals surface area contributed by atoms with Crippen LogP contribution in [0.25, 0.3) is 11.0 Å². The van der Waals surface area contributed by atoms with Gasteiger partial charge >= 0.3 is 0 Å². The first-order valence-electron chi connectivity index (χ1n) is 12.1. The van der Waals surface area contributed by atoms with Crippen LogP contribution in [0.5, 0.6) is 11.5 Å². The number of imidazole rings is 1. The van der Waals surface area contributed by atoms with E-state index in [1.54, 1.807) is 24.3 Å². The Hall–Kier alpha value is -3.51. The van der Waals surface area contributed by atoms with Crippen LogP contribution in [0.15, 0.2) is 72.8 Å². The summed E-state index contributed by atoms with van der Waals surface area (Å²) >= 11 is 5.88. The minimum Gasteiger partial charge on any atom is -0.492 e. The van der Waals surface area contributed by atoms with Gasteiger partial charge in [-0.1, -0.05) is 56.6 Å². The van der Waals surface area contributed by atoms with Gasteiger partial charge in [0.05, 0.1) is 17.6 Å². The number of halogens is 1. The van der Waals surface area contributed by atoms with Gasteiger partial charge in [0.1, 0.15) is 23.9 Å². The minimum absolute atomic E-state index is 0.0557. The molecule has 0 aliphatic rings. The molecule has 7 heteroatoms. The predicted octanol–water partition coefficient (Wildman–Crippen LogP) is 5.80. The molecule has 4 aromatic rings. The number of carbonyl (C=O) groups is 1. The Bertz CT molecular complexity index is 1290. The third kappa shape index (κ3) is 6.79. The fraction of sp³-hybridized carbons (Fsp3) is 0.310. The zero-order chi connectivity index (χ0) is 25.5. The van der Waals surface area contributed by atoms with Crippen LogP contribution in [0.4, 0.5) is 0 Å². The molecule has 6 nitrogen and oxygen atoms in total. The van der Waals surface area contributed by atoms with E-state index in [1.807, 2.05) is 30.3 Å². The molecule has 0 saturated carbocycles. The van der Waals surface area contributed by atoms with Crippen LogP contribution in [0, 0.1) is 0 Å². The molecular formula is C29H32ClN3O3. The highest BCUT2D eigenvalue weighted by Crippen LogP contribution is 2.24. The number of aromatic nitrogens is 2. The number of nitrogens with zero attached hydrogens (tertiary/aromatic N) is 2. The Balaban J connectivity index is 1.32. The summed E-state index contributed by atoms with van der Waals surface area (Å²) in [7, 11) is 0. The third-order valence-corrected chi connectivity index (χ3v) is 6.14. The van der Waals surface area contributed by atoms with Gasteiger partial charge in [-0.25, -0.2) is 4.98 Å². The summed E-state index contributed by atoms with van der Waals surface area (Å²) in [4.78, 5) is 17.0. The maximum Gasteiger partial charge on any atom is 0.257 e. The zero-order valence-corrected chi connectivity index (χ0v) is 21.7. The summed E-state index contributed by atoms with van der Waals surface area (Å²) in [6.45, 7) is 8.17. The number of rotatable bonds is 10. The fourth-order valence-corrected chi connectivity index (χ4v) is 4.04. The largest absolute Gasteiger partial charge is 0.492 e. The molecule has 1 amide bonds. The lowest BCUT2D eigenvalue weighted by Crippen LogP contribution is -2.31. The van der Waals surface area contributed by atoms with Crippen molar-refractivity contribution in [3.8, 4) is 11.5 Å². The van der Waals surface area contributed by atoms with Gasteiger partial charge in [0.15, 0.2) is 6.61 Å². The lowest BCUT2D eigenvalue weighted by atomic mass is 9.87. The van der Waals surface area contributed by atoms with Gasteiger partial charge in [-0.2, -0.15) is 0 Å². The lowest BCUT2D eigenvalue weighted by molar-refractivity contribution is -0.123. The number of para-hydroxylation sites is 2. The van der Waals surface area contributed by atoms with E-state index in [0.717, 1.165) is 22.6 Å². The van der Waals surface area contributed by atoms with Gasteiger partial charge in [0.25, 0.3) is 5.91 Å². The van der Waals surface area contributed by atoms with Crippen molar-refractivity contribution in [2.75, 3.05) is 19.8 Å². The van der Waals surface area contributed by atoms with E-state index in [9.17, 15) is 4.79 Å². The number of hydrogen-bond donors (Lipinski definition) is 1. The molecule has 1 N–H and O–H groups in total. The van der Waals surface area contributed by atoms with Gasteiger partial charge < -0.3 is 19.4 Å². The first-order chi connectivity index (χ1) is 17.3. The number of amides is 1. The van der Waals surface area contributed by atoms with Gasteiger partial charge in [0, 0.05) is 18.0 Å². The Morgan fingerprint density at radius 3 is 2.33 bits per heavy atom. The number of carbonyl (C=O) groups excluding carboxylic acids is 1. The quantitative estimate of drug-likeness (QED) is 0.295. The summed E-state index contributed by atoms with van der Waals surface area (Å²) in [5.41, 5.74) is 3.37. The molecule has 188 valence electrons. The zero-order valence-electron chi connectivity index (χ0n) is 21.0. The maximum atomic E-state index is 12.2. The maximum absolute atomic E-state index is 12.2. The van der Waals surface area contributed by atoms with Crippen LogP contribution < -0.4 is 14.8 Å². The predicted molar refractivity (Wildman–Crippen MR) is 144 cm³/mol. The highest BCUT2D eigenvalue weighted by atomic mass is 35.5. The van der Waals surface area contributed by atoms with Crippen LogP contribution in [-0.4, -0.2) is 35.2 Å². The normalized spacial score (nSPS) is 11.4. The van der Waals surface area contributed by atoms with E-state index in [-0.39, 0.29) is 17.9 Å². The van der Waals surface area contributed by atoms with Crippen molar-refractivity contribution in [1.82, 2.24) is 14.9 Å². The van der Waals surface area contributed by atoms with Crippen molar-refractivity contribution < 1.29 is 14.3 Å². The number of benzene rings is 3. The summed E-state index contributed by atoms with van der Waals surface area (Å²) in [5.74, 6) is 2.17.